The number of aromatic nitrogens is 2. The fourth-order valence-corrected chi connectivity index (χ4v) is 1.03. The third-order valence-corrected chi connectivity index (χ3v) is 1.67. The van der Waals surface area contributed by atoms with Crippen LogP contribution in [0.5, 0.6) is 0 Å². The Morgan fingerprint density at radius 1 is 1.62 bits per heavy atom. The summed E-state index contributed by atoms with van der Waals surface area (Å²) < 4.78 is 3.61. The van der Waals surface area contributed by atoms with Gasteiger partial charge in [0.25, 0.3) is 0 Å². The van der Waals surface area contributed by atoms with Gasteiger partial charge in [-0.1, -0.05) is 22.7 Å². The molecule has 0 saturated heterocycles. The number of carbonyl (C=O) groups excluding carboxylic acids is 1. The Morgan fingerprint density at radius 3 is 3.08 bits per heavy atom. The van der Waals surface area contributed by atoms with Crippen LogP contribution >= 0.6 is 11.5 Å². The predicted octanol–water partition coefficient (Wildman–Crippen LogP) is 1.61. The van der Waals surface area contributed by atoms with Crippen molar-refractivity contribution in [2.75, 3.05) is 5.32 Å². The van der Waals surface area contributed by atoms with Gasteiger partial charge in [-0.05, 0) is 18.5 Å². The van der Waals surface area contributed by atoms with E-state index >= 15 is 0 Å². The van der Waals surface area contributed by atoms with E-state index in [1.807, 2.05) is 13.0 Å². The second kappa shape index (κ2) is 5.21. The molecule has 4 nitrogen and oxygen atoms in total. The van der Waals surface area contributed by atoms with Crippen LogP contribution in [-0.2, 0) is 4.79 Å². The van der Waals surface area contributed by atoms with Gasteiger partial charge < -0.3 is 5.32 Å². The third-order valence-electron chi connectivity index (χ3n) is 1.16. The lowest BCUT2D eigenvalue weighted by Gasteiger charge is -1.92. The molecule has 0 unspecified atom stereocenters. The molecule has 0 aliphatic carbocycles. The zero-order valence-electron chi connectivity index (χ0n) is 7.10. The largest absolute Gasteiger partial charge is 0.305 e. The van der Waals surface area contributed by atoms with Gasteiger partial charge >= 0.3 is 0 Å². The Balaban J connectivity index is 2.42. The van der Waals surface area contributed by atoms with Crippen LogP contribution in [0.15, 0.2) is 29.7 Å². The van der Waals surface area contributed by atoms with Gasteiger partial charge in [0.15, 0.2) is 5.82 Å². The summed E-state index contributed by atoms with van der Waals surface area (Å²) in [7, 11) is 0. The maximum Gasteiger partial charge on any atom is 0.249 e. The summed E-state index contributed by atoms with van der Waals surface area (Å²) in [4.78, 5) is 11.1. The summed E-state index contributed by atoms with van der Waals surface area (Å²) in [5.74, 6) is 0.283. The molecule has 5 heteroatoms. The minimum absolute atomic E-state index is 0.203. The van der Waals surface area contributed by atoms with Gasteiger partial charge in [-0.25, -0.2) is 0 Å². The molecule has 0 bridgehead atoms. The molecule has 0 radical (unpaired) electrons. The lowest BCUT2D eigenvalue weighted by atomic mass is 10.4. The molecule has 1 aromatic heterocycles. The highest BCUT2D eigenvalue weighted by Crippen LogP contribution is 2.02. The predicted molar refractivity (Wildman–Crippen MR) is 52.5 cm³/mol. The van der Waals surface area contributed by atoms with Crippen molar-refractivity contribution in [1.29, 1.82) is 0 Å². The Kier molecular flexibility index (Phi) is 3.84. The summed E-state index contributed by atoms with van der Waals surface area (Å²) in [6.07, 6.45) is 6.71. The molecule has 1 N–H and O–H groups in total. The van der Waals surface area contributed by atoms with Crippen LogP contribution < -0.4 is 5.32 Å². The van der Waals surface area contributed by atoms with E-state index in [-0.39, 0.29) is 5.91 Å². The topological polar surface area (TPSA) is 54.9 Å². The number of hydrogen-bond acceptors (Lipinski definition) is 4. The smallest absolute Gasteiger partial charge is 0.249 e. The Bertz CT molecular complexity index is 316. The molecule has 1 rings (SSSR count). The second-order valence-corrected chi connectivity index (χ2v) is 2.77. The van der Waals surface area contributed by atoms with Crippen molar-refractivity contribution in [3.05, 3.63) is 29.7 Å². The van der Waals surface area contributed by atoms with Crippen molar-refractivity contribution in [2.45, 2.75) is 6.92 Å². The summed E-state index contributed by atoms with van der Waals surface area (Å²) in [6, 6.07) is 0. The van der Waals surface area contributed by atoms with Gasteiger partial charge in [0.1, 0.15) is 0 Å². The van der Waals surface area contributed by atoms with Crippen LogP contribution in [0.3, 0.4) is 0 Å². The van der Waals surface area contributed by atoms with Gasteiger partial charge in [0, 0.05) is 6.08 Å². The minimum atomic E-state index is -0.203. The first kappa shape index (κ1) is 9.60. The summed E-state index contributed by atoms with van der Waals surface area (Å²) in [5.41, 5.74) is 0. The monoisotopic (exact) mass is 195 g/mol. The average molecular weight is 195 g/mol. The van der Waals surface area contributed by atoms with Crippen molar-refractivity contribution in [3.63, 3.8) is 0 Å². The van der Waals surface area contributed by atoms with Crippen molar-refractivity contribution in [1.82, 2.24) is 9.59 Å². The van der Waals surface area contributed by atoms with E-state index in [4.69, 9.17) is 0 Å². The third kappa shape index (κ3) is 3.62. The Hall–Kier alpha value is -1.49. The fourth-order valence-electron chi connectivity index (χ4n) is 0.641. The van der Waals surface area contributed by atoms with Crippen LogP contribution in [0.25, 0.3) is 0 Å². The number of amides is 1. The molecular formula is C8H9N3OS. The number of carbonyl (C=O) groups is 1. The van der Waals surface area contributed by atoms with Gasteiger partial charge in [0.2, 0.25) is 5.91 Å². The van der Waals surface area contributed by atoms with Crippen LogP contribution in [0.4, 0.5) is 5.82 Å². The normalized spacial score (nSPS) is 11.2. The van der Waals surface area contributed by atoms with Crippen molar-refractivity contribution < 1.29 is 4.79 Å². The highest BCUT2D eigenvalue weighted by molar-refractivity contribution is 7.03. The number of nitrogens with zero attached hydrogens (tertiary/aromatic N) is 2. The zero-order chi connectivity index (χ0) is 9.52. The van der Waals surface area contributed by atoms with Crippen molar-refractivity contribution in [2.24, 2.45) is 0 Å². The van der Waals surface area contributed by atoms with Crippen LogP contribution in [-0.4, -0.2) is 15.5 Å². The number of allylic oxidation sites excluding steroid dienone is 3. The standard InChI is InChI=1S/C8H9N3OS/c1-2-3-4-5-8(12)9-7-6-13-11-10-7/h2-6H,1H3,(H,9,12)/b3-2+,5-4+. The average Bonchev–Trinajstić information content (AvgIpc) is 2.57. The quantitative estimate of drug-likeness (QED) is 0.589. The molecule has 0 aliphatic rings. The van der Waals surface area contributed by atoms with Gasteiger partial charge in [-0.3, -0.25) is 4.79 Å². The molecule has 68 valence electrons. The number of rotatable bonds is 3. The first-order valence-corrected chi connectivity index (χ1v) is 4.54. The molecule has 0 aromatic carbocycles. The molecule has 0 spiro atoms. The zero-order valence-corrected chi connectivity index (χ0v) is 7.91. The lowest BCUT2D eigenvalue weighted by molar-refractivity contribution is -0.111. The van der Waals surface area contributed by atoms with Gasteiger partial charge in [0.05, 0.1) is 5.38 Å². The molecule has 13 heavy (non-hydrogen) atoms. The van der Waals surface area contributed by atoms with E-state index in [1.54, 1.807) is 17.5 Å². The van der Waals surface area contributed by atoms with E-state index in [0.717, 1.165) is 0 Å². The Morgan fingerprint density at radius 2 is 2.46 bits per heavy atom. The van der Waals surface area contributed by atoms with Crippen LogP contribution in [0.2, 0.25) is 0 Å². The second-order valence-electron chi connectivity index (χ2n) is 2.16. The van der Waals surface area contributed by atoms with E-state index in [2.05, 4.69) is 14.9 Å². The molecule has 1 aromatic rings. The SMILES string of the molecule is C/C=C/C=C/C(=O)Nc1csnn1. The van der Waals surface area contributed by atoms with Crippen molar-refractivity contribution in [3.8, 4) is 0 Å². The summed E-state index contributed by atoms with van der Waals surface area (Å²) in [6.45, 7) is 1.88. The Labute approximate surface area is 80.1 Å². The first-order chi connectivity index (χ1) is 6.33. The maximum atomic E-state index is 11.1. The molecule has 0 saturated carbocycles. The highest BCUT2D eigenvalue weighted by atomic mass is 32.1. The number of anilines is 1. The van der Waals surface area contributed by atoms with Gasteiger partial charge in [-0.15, -0.1) is 5.10 Å². The lowest BCUT2D eigenvalue weighted by Crippen LogP contribution is -2.07. The molecule has 1 amide bonds. The van der Waals surface area contributed by atoms with Crippen LogP contribution in [0, 0.1) is 0 Å². The van der Waals surface area contributed by atoms with E-state index in [1.165, 1.54) is 17.6 Å². The molecular weight excluding hydrogens is 186 g/mol. The number of nitrogens with one attached hydrogen (secondary N) is 1. The summed E-state index contributed by atoms with van der Waals surface area (Å²) in [5, 5.41) is 7.90. The molecule has 0 fully saturated rings. The van der Waals surface area contributed by atoms with E-state index in [9.17, 15) is 4.79 Å². The van der Waals surface area contributed by atoms with Crippen LogP contribution in [0.1, 0.15) is 6.92 Å². The van der Waals surface area contributed by atoms with Gasteiger partial charge in [-0.2, -0.15) is 0 Å². The summed E-state index contributed by atoms with van der Waals surface area (Å²) >= 11 is 1.20. The highest BCUT2D eigenvalue weighted by Gasteiger charge is 1.98. The van der Waals surface area contributed by atoms with E-state index in [0.29, 0.717) is 5.82 Å². The molecule has 1 heterocycles. The fraction of sp³-hybridized carbons (Fsp3) is 0.125. The number of hydrogen-bond donors (Lipinski definition) is 1. The van der Waals surface area contributed by atoms with Crippen molar-refractivity contribution >= 4 is 23.3 Å². The van der Waals surface area contributed by atoms with E-state index < -0.39 is 0 Å². The molecule has 0 aliphatic heterocycles. The minimum Gasteiger partial charge on any atom is -0.305 e. The molecule has 0 atom stereocenters. The first-order valence-electron chi connectivity index (χ1n) is 3.70. The maximum absolute atomic E-state index is 11.1.